The monoisotopic (exact) mass is 272 g/mol. The molecule has 0 aromatic heterocycles. The molecular formula is C15H16N2O3. The number of oxime groups is 1. The van der Waals surface area contributed by atoms with E-state index in [-0.39, 0.29) is 12.4 Å². The van der Waals surface area contributed by atoms with Crippen LogP contribution in [0.15, 0.2) is 47.6 Å². The Labute approximate surface area is 116 Å². The number of ether oxygens (including phenoxy) is 1. The van der Waals surface area contributed by atoms with Crippen LogP contribution in [0, 0.1) is 6.92 Å². The molecule has 4 N–H and O–H groups in total. The van der Waals surface area contributed by atoms with E-state index in [4.69, 9.17) is 15.7 Å². The minimum absolute atomic E-state index is 0.0264. The van der Waals surface area contributed by atoms with E-state index in [1.165, 1.54) is 0 Å². The number of para-hydroxylation sites is 1. The molecule has 5 heteroatoms. The van der Waals surface area contributed by atoms with Gasteiger partial charge < -0.3 is 20.8 Å². The molecular weight excluding hydrogens is 256 g/mol. The number of benzene rings is 2. The average molecular weight is 272 g/mol. The minimum atomic E-state index is -0.124. The Morgan fingerprint density at radius 2 is 1.95 bits per heavy atom. The van der Waals surface area contributed by atoms with Gasteiger partial charge in [0.25, 0.3) is 0 Å². The standard InChI is InChI=1S/C15H16N2O3/c1-10-6-7-12(15(16)17-19)14(8-10)20-13-5-3-2-4-11(13)9-18/h2-8,18-19H,9H2,1H3,(H2,16,17). The lowest BCUT2D eigenvalue weighted by atomic mass is 10.1. The van der Waals surface area contributed by atoms with Crippen molar-refractivity contribution in [2.24, 2.45) is 10.9 Å². The SMILES string of the molecule is Cc1ccc(C(N)=NO)c(Oc2ccccc2CO)c1. The Morgan fingerprint density at radius 1 is 1.20 bits per heavy atom. The van der Waals surface area contributed by atoms with Crippen LogP contribution < -0.4 is 10.5 Å². The van der Waals surface area contributed by atoms with Gasteiger partial charge in [-0.15, -0.1) is 0 Å². The molecule has 0 fully saturated rings. The first-order valence-corrected chi connectivity index (χ1v) is 6.11. The molecule has 0 saturated carbocycles. The fraction of sp³-hybridized carbons (Fsp3) is 0.133. The van der Waals surface area contributed by atoms with Gasteiger partial charge in [0.15, 0.2) is 5.84 Å². The van der Waals surface area contributed by atoms with Crippen molar-refractivity contribution >= 4 is 5.84 Å². The van der Waals surface area contributed by atoms with Gasteiger partial charge in [0, 0.05) is 5.56 Å². The highest BCUT2D eigenvalue weighted by molar-refractivity contribution is 5.99. The molecule has 0 aliphatic rings. The van der Waals surface area contributed by atoms with Crippen molar-refractivity contribution < 1.29 is 15.1 Å². The molecule has 2 aromatic carbocycles. The lowest BCUT2D eigenvalue weighted by molar-refractivity contribution is 0.276. The van der Waals surface area contributed by atoms with Crippen LogP contribution in [0.2, 0.25) is 0 Å². The summed E-state index contributed by atoms with van der Waals surface area (Å²) in [6, 6.07) is 12.5. The molecule has 2 rings (SSSR count). The molecule has 20 heavy (non-hydrogen) atoms. The molecule has 0 aliphatic carbocycles. The smallest absolute Gasteiger partial charge is 0.173 e. The molecule has 2 aromatic rings. The summed E-state index contributed by atoms with van der Waals surface area (Å²) < 4.78 is 5.80. The van der Waals surface area contributed by atoms with Gasteiger partial charge in [-0.2, -0.15) is 0 Å². The lowest BCUT2D eigenvalue weighted by Gasteiger charge is -2.13. The first-order chi connectivity index (χ1) is 9.65. The van der Waals surface area contributed by atoms with Crippen LogP contribution in [-0.2, 0) is 6.61 Å². The molecule has 0 saturated heterocycles. The van der Waals surface area contributed by atoms with Crippen molar-refractivity contribution in [1.29, 1.82) is 0 Å². The first kappa shape index (κ1) is 13.9. The van der Waals surface area contributed by atoms with Crippen LogP contribution in [0.25, 0.3) is 0 Å². The molecule has 0 heterocycles. The van der Waals surface area contributed by atoms with E-state index in [0.717, 1.165) is 5.56 Å². The number of rotatable bonds is 4. The number of aryl methyl sites for hydroxylation is 1. The quantitative estimate of drug-likeness (QED) is 0.345. The van der Waals surface area contributed by atoms with Crippen molar-refractivity contribution in [1.82, 2.24) is 0 Å². The third-order valence-electron chi connectivity index (χ3n) is 2.88. The van der Waals surface area contributed by atoms with E-state index >= 15 is 0 Å². The number of aliphatic hydroxyl groups excluding tert-OH is 1. The number of hydrogen-bond acceptors (Lipinski definition) is 4. The minimum Gasteiger partial charge on any atom is -0.456 e. The second kappa shape index (κ2) is 6.08. The van der Waals surface area contributed by atoms with Crippen molar-refractivity contribution in [3.8, 4) is 11.5 Å². The summed E-state index contributed by atoms with van der Waals surface area (Å²) in [5, 5.41) is 21.1. The van der Waals surface area contributed by atoms with Gasteiger partial charge in [0.1, 0.15) is 11.5 Å². The van der Waals surface area contributed by atoms with Crippen LogP contribution in [0.3, 0.4) is 0 Å². The van der Waals surface area contributed by atoms with Gasteiger partial charge in [-0.1, -0.05) is 29.4 Å². The summed E-state index contributed by atoms with van der Waals surface area (Å²) in [6.45, 7) is 1.79. The molecule has 0 unspecified atom stereocenters. The Morgan fingerprint density at radius 3 is 2.65 bits per heavy atom. The van der Waals surface area contributed by atoms with Gasteiger partial charge in [0.2, 0.25) is 0 Å². The van der Waals surface area contributed by atoms with Gasteiger partial charge >= 0.3 is 0 Å². The summed E-state index contributed by atoms with van der Waals surface area (Å²) in [4.78, 5) is 0. The predicted octanol–water partition coefficient (Wildman–Crippen LogP) is 2.37. The molecule has 0 atom stereocenters. The van der Waals surface area contributed by atoms with Crippen LogP contribution in [0.1, 0.15) is 16.7 Å². The number of hydrogen-bond donors (Lipinski definition) is 3. The predicted molar refractivity (Wildman–Crippen MR) is 76.1 cm³/mol. The van der Waals surface area contributed by atoms with E-state index in [2.05, 4.69) is 5.16 Å². The Balaban J connectivity index is 2.45. The zero-order valence-corrected chi connectivity index (χ0v) is 11.1. The summed E-state index contributed by atoms with van der Waals surface area (Å²) in [5.41, 5.74) is 7.78. The maximum Gasteiger partial charge on any atom is 0.173 e. The fourth-order valence-corrected chi connectivity index (χ4v) is 1.83. The second-order valence-electron chi connectivity index (χ2n) is 4.35. The highest BCUT2D eigenvalue weighted by atomic mass is 16.5. The highest BCUT2D eigenvalue weighted by Crippen LogP contribution is 2.29. The average Bonchev–Trinajstić information content (AvgIpc) is 2.47. The number of aliphatic hydroxyl groups is 1. The van der Waals surface area contributed by atoms with Gasteiger partial charge in [0.05, 0.1) is 12.2 Å². The molecule has 5 nitrogen and oxygen atoms in total. The number of nitrogens with zero attached hydrogens (tertiary/aromatic N) is 1. The fourth-order valence-electron chi connectivity index (χ4n) is 1.83. The summed E-state index contributed by atoms with van der Waals surface area (Å²) in [6.07, 6.45) is 0. The molecule has 0 amide bonds. The molecule has 0 aliphatic heterocycles. The maximum atomic E-state index is 9.31. The third kappa shape index (κ3) is 2.89. The number of amidine groups is 1. The Bertz CT molecular complexity index is 639. The zero-order valence-electron chi connectivity index (χ0n) is 11.1. The summed E-state index contributed by atoms with van der Waals surface area (Å²) in [5.74, 6) is 0.982. The summed E-state index contributed by atoms with van der Waals surface area (Å²) in [7, 11) is 0. The Kier molecular flexibility index (Phi) is 4.22. The first-order valence-electron chi connectivity index (χ1n) is 6.11. The van der Waals surface area contributed by atoms with Crippen LogP contribution in [0.5, 0.6) is 11.5 Å². The third-order valence-corrected chi connectivity index (χ3v) is 2.88. The lowest BCUT2D eigenvalue weighted by Crippen LogP contribution is -2.14. The maximum absolute atomic E-state index is 9.31. The molecule has 104 valence electrons. The second-order valence-corrected chi connectivity index (χ2v) is 4.35. The van der Waals surface area contributed by atoms with Gasteiger partial charge in [-0.05, 0) is 30.7 Å². The highest BCUT2D eigenvalue weighted by Gasteiger charge is 2.11. The largest absolute Gasteiger partial charge is 0.456 e. The molecule has 0 bridgehead atoms. The van der Waals surface area contributed by atoms with E-state index < -0.39 is 0 Å². The van der Waals surface area contributed by atoms with E-state index in [1.807, 2.05) is 25.1 Å². The van der Waals surface area contributed by atoms with E-state index in [0.29, 0.717) is 22.6 Å². The van der Waals surface area contributed by atoms with Crippen molar-refractivity contribution in [2.75, 3.05) is 0 Å². The normalized spacial score (nSPS) is 11.4. The zero-order chi connectivity index (χ0) is 14.5. The molecule has 0 spiro atoms. The molecule has 0 radical (unpaired) electrons. The van der Waals surface area contributed by atoms with Crippen molar-refractivity contribution in [2.45, 2.75) is 13.5 Å². The van der Waals surface area contributed by atoms with Crippen molar-refractivity contribution in [3.63, 3.8) is 0 Å². The van der Waals surface area contributed by atoms with Crippen LogP contribution in [-0.4, -0.2) is 16.1 Å². The Hall–Kier alpha value is -2.53. The van der Waals surface area contributed by atoms with Gasteiger partial charge in [-0.25, -0.2) is 0 Å². The van der Waals surface area contributed by atoms with E-state index in [9.17, 15) is 5.11 Å². The van der Waals surface area contributed by atoms with Crippen molar-refractivity contribution in [3.05, 3.63) is 59.2 Å². The summed E-state index contributed by atoms with van der Waals surface area (Å²) >= 11 is 0. The van der Waals surface area contributed by atoms with Crippen LogP contribution >= 0.6 is 0 Å². The topological polar surface area (TPSA) is 88.1 Å². The van der Waals surface area contributed by atoms with Gasteiger partial charge in [-0.3, -0.25) is 0 Å². The van der Waals surface area contributed by atoms with Crippen LogP contribution in [0.4, 0.5) is 0 Å². The number of nitrogens with two attached hydrogens (primary N) is 1. The van der Waals surface area contributed by atoms with E-state index in [1.54, 1.807) is 24.3 Å².